The lowest BCUT2D eigenvalue weighted by molar-refractivity contribution is 0.0976. The predicted octanol–water partition coefficient (Wildman–Crippen LogP) is 2.81. The summed E-state index contributed by atoms with van der Waals surface area (Å²) in [6.45, 7) is 3.22. The van der Waals surface area contributed by atoms with Crippen molar-refractivity contribution in [3.8, 4) is 0 Å². The molecule has 0 aliphatic rings. The molecule has 0 aromatic heterocycles. The minimum absolute atomic E-state index is 0.0648. The second-order valence-electron chi connectivity index (χ2n) is 3.68. The average molecular weight is 319 g/mol. The standard InChI is InChI=1S/C12H15BrO3S/c1-3-12(13,17(15,16)4-2)11(14)10-8-6-5-7-9-10/h5-9H,3-4H2,1-2H3. The molecule has 1 atom stereocenters. The van der Waals surface area contributed by atoms with E-state index >= 15 is 0 Å². The molecule has 0 N–H and O–H groups in total. The molecule has 0 saturated heterocycles. The van der Waals surface area contributed by atoms with Gasteiger partial charge in [0.25, 0.3) is 0 Å². The van der Waals surface area contributed by atoms with Crippen LogP contribution < -0.4 is 0 Å². The molecule has 1 aromatic rings. The number of carbonyl (C=O) groups excluding carboxylic acids is 1. The Morgan fingerprint density at radius 2 is 1.76 bits per heavy atom. The quantitative estimate of drug-likeness (QED) is 0.619. The Kier molecular flexibility index (Phi) is 4.49. The maximum Gasteiger partial charge on any atom is 0.194 e. The van der Waals surface area contributed by atoms with Crippen LogP contribution in [-0.2, 0) is 9.84 Å². The second-order valence-corrected chi connectivity index (χ2v) is 8.06. The van der Waals surface area contributed by atoms with Gasteiger partial charge in [-0.15, -0.1) is 0 Å². The van der Waals surface area contributed by atoms with E-state index in [1.165, 1.54) is 0 Å². The van der Waals surface area contributed by atoms with Crippen LogP contribution in [0.2, 0.25) is 0 Å². The van der Waals surface area contributed by atoms with E-state index in [2.05, 4.69) is 15.9 Å². The molecule has 0 fully saturated rings. The van der Waals surface area contributed by atoms with E-state index in [1.807, 2.05) is 0 Å². The van der Waals surface area contributed by atoms with Crippen molar-refractivity contribution in [1.82, 2.24) is 0 Å². The van der Waals surface area contributed by atoms with Crippen molar-refractivity contribution in [1.29, 1.82) is 0 Å². The largest absolute Gasteiger partial charge is 0.291 e. The summed E-state index contributed by atoms with van der Waals surface area (Å²) in [5, 5.41) is 0. The number of sulfone groups is 1. The summed E-state index contributed by atoms with van der Waals surface area (Å²) in [6.07, 6.45) is 0.205. The monoisotopic (exact) mass is 318 g/mol. The number of alkyl halides is 1. The average Bonchev–Trinajstić information content (AvgIpc) is 2.37. The third-order valence-corrected chi connectivity index (χ3v) is 7.32. The third kappa shape index (κ3) is 2.60. The molecule has 0 aliphatic heterocycles. The summed E-state index contributed by atoms with van der Waals surface area (Å²) in [5.41, 5.74) is 0.406. The molecule has 0 heterocycles. The molecule has 94 valence electrons. The van der Waals surface area contributed by atoms with Gasteiger partial charge in [-0.25, -0.2) is 8.42 Å². The van der Waals surface area contributed by atoms with Crippen LogP contribution in [0.1, 0.15) is 30.6 Å². The molecule has 0 radical (unpaired) electrons. The van der Waals surface area contributed by atoms with Crippen LogP contribution in [0.25, 0.3) is 0 Å². The number of hydrogen-bond donors (Lipinski definition) is 0. The van der Waals surface area contributed by atoms with E-state index in [0.29, 0.717) is 5.56 Å². The Labute approximate surface area is 110 Å². The Morgan fingerprint density at radius 3 is 2.18 bits per heavy atom. The molecular weight excluding hydrogens is 304 g/mol. The van der Waals surface area contributed by atoms with Crippen molar-refractivity contribution >= 4 is 31.6 Å². The first kappa shape index (κ1) is 14.4. The highest BCUT2D eigenvalue weighted by molar-refractivity contribution is 9.12. The van der Waals surface area contributed by atoms with Gasteiger partial charge in [0.2, 0.25) is 0 Å². The maximum absolute atomic E-state index is 12.3. The first-order valence-electron chi connectivity index (χ1n) is 5.40. The second kappa shape index (κ2) is 5.31. The summed E-state index contributed by atoms with van der Waals surface area (Å²) in [7, 11) is -3.49. The van der Waals surface area contributed by atoms with Crippen molar-refractivity contribution < 1.29 is 13.2 Å². The van der Waals surface area contributed by atoms with E-state index < -0.39 is 19.3 Å². The van der Waals surface area contributed by atoms with Gasteiger partial charge in [0, 0.05) is 11.3 Å². The van der Waals surface area contributed by atoms with Crippen LogP contribution in [0.15, 0.2) is 30.3 Å². The molecule has 5 heteroatoms. The molecule has 0 bridgehead atoms. The van der Waals surface area contributed by atoms with Gasteiger partial charge in [-0.1, -0.05) is 60.1 Å². The zero-order valence-corrected chi connectivity index (χ0v) is 12.2. The smallest absolute Gasteiger partial charge is 0.194 e. The Morgan fingerprint density at radius 1 is 1.24 bits per heavy atom. The van der Waals surface area contributed by atoms with Crippen LogP contribution in [0, 0.1) is 0 Å². The first-order valence-corrected chi connectivity index (χ1v) is 7.84. The lowest BCUT2D eigenvalue weighted by Gasteiger charge is -2.23. The number of hydrogen-bond acceptors (Lipinski definition) is 3. The summed E-state index contributed by atoms with van der Waals surface area (Å²) in [4.78, 5) is 12.3. The number of rotatable bonds is 5. The molecule has 17 heavy (non-hydrogen) atoms. The minimum Gasteiger partial charge on any atom is -0.291 e. The molecule has 0 spiro atoms. The van der Waals surface area contributed by atoms with Gasteiger partial charge < -0.3 is 0 Å². The Hall–Kier alpha value is -0.680. The van der Waals surface area contributed by atoms with Gasteiger partial charge in [0.1, 0.15) is 0 Å². The molecule has 1 rings (SSSR count). The summed E-state index contributed by atoms with van der Waals surface area (Å²) < 4.78 is 22.5. The lowest BCUT2D eigenvalue weighted by Crippen LogP contribution is -2.41. The number of ketones is 1. The van der Waals surface area contributed by atoms with Crippen LogP contribution in [0.5, 0.6) is 0 Å². The molecular formula is C12H15BrO3S. The zero-order valence-electron chi connectivity index (χ0n) is 9.81. The Bertz CT molecular complexity index is 496. The summed E-state index contributed by atoms with van der Waals surface area (Å²) >= 11 is 3.13. The van der Waals surface area contributed by atoms with Crippen molar-refractivity contribution in [2.24, 2.45) is 0 Å². The highest BCUT2D eigenvalue weighted by Gasteiger charge is 2.45. The van der Waals surface area contributed by atoms with Gasteiger partial charge in [0.15, 0.2) is 19.3 Å². The SMILES string of the molecule is CCC(Br)(C(=O)c1ccccc1)S(=O)(=O)CC. The van der Waals surface area contributed by atoms with Crippen molar-refractivity contribution in [3.05, 3.63) is 35.9 Å². The fourth-order valence-corrected chi connectivity index (χ4v) is 3.77. The fourth-order valence-electron chi connectivity index (χ4n) is 1.56. The van der Waals surface area contributed by atoms with Gasteiger partial charge >= 0.3 is 0 Å². The van der Waals surface area contributed by atoms with Crippen LogP contribution in [0.3, 0.4) is 0 Å². The first-order chi connectivity index (χ1) is 7.89. The lowest BCUT2D eigenvalue weighted by atomic mass is 10.1. The highest BCUT2D eigenvalue weighted by Crippen LogP contribution is 2.33. The normalized spacial score (nSPS) is 15.2. The molecule has 3 nitrogen and oxygen atoms in total. The van der Waals surface area contributed by atoms with E-state index in [1.54, 1.807) is 44.2 Å². The summed E-state index contributed by atoms with van der Waals surface area (Å²) in [6, 6.07) is 8.47. The van der Waals surface area contributed by atoms with Crippen LogP contribution in [-0.4, -0.2) is 23.6 Å². The molecule has 0 aliphatic carbocycles. The van der Waals surface area contributed by atoms with Crippen molar-refractivity contribution in [3.63, 3.8) is 0 Å². The molecule has 0 saturated carbocycles. The number of carbonyl (C=O) groups is 1. The van der Waals surface area contributed by atoms with Gasteiger partial charge in [-0.05, 0) is 6.42 Å². The van der Waals surface area contributed by atoms with E-state index in [-0.39, 0.29) is 12.2 Å². The van der Waals surface area contributed by atoms with E-state index in [4.69, 9.17) is 0 Å². The van der Waals surface area contributed by atoms with Crippen LogP contribution >= 0.6 is 15.9 Å². The number of Topliss-reactive ketones (excluding diaryl/α,β-unsaturated/α-hetero) is 1. The zero-order chi connectivity index (χ0) is 13.1. The number of benzene rings is 1. The Balaban J connectivity index is 3.26. The molecule has 1 unspecified atom stereocenters. The molecule has 1 aromatic carbocycles. The van der Waals surface area contributed by atoms with Gasteiger partial charge in [-0.3, -0.25) is 4.79 Å². The van der Waals surface area contributed by atoms with Crippen molar-refractivity contribution in [2.45, 2.75) is 23.9 Å². The predicted molar refractivity (Wildman–Crippen MR) is 72.2 cm³/mol. The summed E-state index contributed by atoms with van der Waals surface area (Å²) in [5.74, 6) is -0.465. The van der Waals surface area contributed by atoms with E-state index in [0.717, 1.165) is 0 Å². The highest BCUT2D eigenvalue weighted by atomic mass is 79.9. The topological polar surface area (TPSA) is 51.2 Å². The maximum atomic E-state index is 12.3. The van der Waals surface area contributed by atoms with Crippen molar-refractivity contribution in [2.75, 3.05) is 5.75 Å². The minimum atomic E-state index is -3.49. The number of halogens is 1. The fraction of sp³-hybridized carbons (Fsp3) is 0.417. The van der Waals surface area contributed by atoms with Crippen LogP contribution in [0.4, 0.5) is 0 Å². The van der Waals surface area contributed by atoms with Gasteiger partial charge in [0.05, 0.1) is 0 Å². The van der Waals surface area contributed by atoms with E-state index in [9.17, 15) is 13.2 Å². The van der Waals surface area contributed by atoms with Gasteiger partial charge in [-0.2, -0.15) is 0 Å². The third-order valence-electron chi connectivity index (χ3n) is 2.70. The molecule has 0 amide bonds.